The highest BCUT2D eigenvalue weighted by Gasteiger charge is 2.18. The average molecular weight is 451 g/mol. The molecule has 0 radical (unpaired) electrons. The smallest absolute Gasteiger partial charge is 0.288 e. The molecule has 7 nitrogen and oxygen atoms in total. The Labute approximate surface area is 191 Å². The minimum Gasteiger partial charge on any atom is -0.369 e. The Kier molecular flexibility index (Phi) is 6.68. The number of nitro benzene ring substituents is 1. The van der Waals surface area contributed by atoms with Gasteiger partial charge in [0.25, 0.3) is 11.6 Å². The van der Waals surface area contributed by atoms with E-state index in [9.17, 15) is 14.9 Å². The van der Waals surface area contributed by atoms with Crippen LogP contribution in [0.2, 0.25) is 5.02 Å². The zero-order valence-corrected chi connectivity index (χ0v) is 18.2. The van der Waals surface area contributed by atoms with E-state index in [0.29, 0.717) is 5.69 Å². The van der Waals surface area contributed by atoms with Crippen LogP contribution in [0.3, 0.4) is 0 Å². The Balaban J connectivity index is 1.33. The van der Waals surface area contributed by atoms with E-state index >= 15 is 0 Å². The van der Waals surface area contributed by atoms with Crippen LogP contribution in [0, 0.1) is 10.1 Å². The topological polar surface area (TPSA) is 78.7 Å². The number of nitro groups is 1. The van der Waals surface area contributed by atoms with Gasteiger partial charge in [0, 0.05) is 55.7 Å². The van der Waals surface area contributed by atoms with E-state index in [1.807, 2.05) is 30.3 Å². The molecule has 0 aromatic heterocycles. The lowest BCUT2D eigenvalue weighted by atomic mass is 10.1. The Hall–Kier alpha value is -3.42. The first-order valence-corrected chi connectivity index (χ1v) is 10.7. The Morgan fingerprint density at radius 3 is 2.31 bits per heavy atom. The van der Waals surface area contributed by atoms with Crippen molar-refractivity contribution < 1.29 is 9.72 Å². The zero-order valence-electron chi connectivity index (χ0n) is 17.4. The maximum atomic E-state index is 12.5. The Morgan fingerprint density at radius 1 is 0.969 bits per heavy atom. The molecular formula is C24H23ClN4O3. The van der Waals surface area contributed by atoms with Crippen LogP contribution in [0.5, 0.6) is 0 Å². The molecule has 1 fully saturated rings. The van der Waals surface area contributed by atoms with Gasteiger partial charge in [0.1, 0.15) is 5.02 Å². The summed E-state index contributed by atoms with van der Waals surface area (Å²) in [4.78, 5) is 27.7. The van der Waals surface area contributed by atoms with E-state index in [-0.39, 0.29) is 16.3 Å². The highest BCUT2D eigenvalue weighted by molar-refractivity contribution is 6.32. The zero-order chi connectivity index (χ0) is 22.5. The standard InChI is InChI=1S/C24H23ClN4O3/c25-22-11-6-19(16-23(22)29(31)32)24(30)26-20-7-9-21(10-8-20)28-14-12-27(13-15-28)17-18-4-2-1-3-5-18/h1-11,16H,12-15,17H2,(H,26,30). The Morgan fingerprint density at radius 2 is 1.66 bits per heavy atom. The summed E-state index contributed by atoms with van der Waals surface area (Å²) in [6, 6.07) is 22.1. The summed E-state index contributed by atoms with van der Waals surface area (Å²) >= 11 is 5.82. The van der Waals surface area contributed by atoms with Crippen LogP contribution in [0.4, 0.5) is 17.1 Å². The molecule has 0 saturated carbocycles. The lowest BCUT2D eigenvalue weighted by Crippen LogP contribution is -2.45. The molecule has 3 aromatic rings. The van der Waals surface area contributed by atoms with E-state index in [2.05, 4.69) is 39.4 Å². The van der Waals surface area contributed by atoms with E-state index < -0.39 is 10.8 Å². The number of hydrogen-bond donors (Lipinski definition) is 1. The Bertz CT molecular complexity index is 1100. The summed E-state index contributed by atoms with van der Waals surface area (Å²) in [5.74, 6) is -0.424. The van der Waals surface area contributed by atoms with Crippen LogP contribution in [0.25, 0.3) is 0 Å². The van der Waals surface area contributed by atoms with Crippen molar-refractivity contribution >= 4 is 34.6 Å². The molecule has 32 heavy (non-hydrogen) atoms. The van der Waals surface area contributed by atoms with Gasteiger partial charge in [-0.3, -0.25) is 19.8 Å². The first-order valence-electron chi connectivity index (χ1n) is 10.4. The summed E-state index contributed by atoms with van der Waals surface area (Å²) in [6.45, 7) is 4.81. The van der Waals surface area contributed by atoms with Gasteiger partial charge in [0.2, 0.25) is 0 Å². The fourth-order valence-electron chi connectivity index (χ4n) is 3.76. The van der Waals surface area contributed by atoms with Gasteiger partial charge >= 0.3 is 0 Å². The summed E-state index contributed by atoms with van der Waals surface area (Å²) < 4.78 is 0. The number of nitrogens with one attached hydrogen (secondary N) is 1. The molecule has 1 amide bonds. The van der Waals surface area contributed by atoms with Crippen molar-refractivity contribution in [1.82, 2.24) is 4.90 Å². The van der Waals surface area contributed by atoms with Crippen molar-refractivity contribution in [2.24, 2.45) is 0 Å². The SMILES string of the molecule is O=C(Nc1ccc(N2CCN(Cc3ccccc3)CC2)cc1)c1ccc(Cl)c([N+](=O)[O-])c1. The van der Waals surface area contributed by atoms with Gasteiger partial charge in [0.15, 0.2) is 0 Å². The third-order valence-corrected chi connectivity index (χ3v) is 5.84. The fourth-order valence-corrected chi connectivity index (χ4v) is 3.95. The van der Waals surface area contributed by atoms with Crippen molar-refractivity contribution in [1.29, 1.82) is 0 Å². The number of benzene rings is 3. The van der Waals surface area contributed by atoms with Crippen LogP contribution < -0.4 is 10.2 Å². The van der Waals surface area contributed by atoms with Gasteiger partial charge in [0.05, 0.1) is 4.92 Å². The van der Waals surface area contributed by atoms with E-state index in [1.165, 1.54) is 23.8 Å². The van der Waals surface area contributed by atoms with Gasteiger partial charge in [-0.2, -0.15) is 0 Å². The van der Waals surface area contributed by atoms with Crippen LogP contribution in [-0.2, 0) is 6.54 Å². The van der Waals surface area contributed by atoms with Crippen molar-refractivity contribution in [3.8, 4) is 0 Å². The second-order valence-corrected chi connectivity index (χ2v) is 8.08. The third-order valence-electron chi connectivity index (χ3n) is 5.52. The van der Waals surface area contributed by atoms with Crippen molar-refractivity contribution in [2.45, 2.75) is 6.54 Å². The second kappa shape index (κ2) is 9.80. The van der Waals surface area contributed by atoms with E-state index in [1.54, 1.807) is 0 Å². The van der Waals surface area contributed by atoms with Gasteiger partial charge in [-0.15, -0.1) is 0 Å². The molecule has 4 rings (SSSR count). The monoisotopic (exact) mass is 450 g/mol. The number of amides is 1. The van der Waals surface area contributed by atoms with Crippen molar-refractivity contribution in [3.63, 3.8) is 0 Å². The molecule has 0 spiro atoms. The lowest BCUT2D eigenvalue weighted by Gasteiger charge is -2.36. The number of piperazine rings is 1. The first-order chi connectivity index (χ1) is 15.5. The minimum atomic E-state index is -0.604. The molecule has 1 N–H and O–H groups in total. The maximum Gasteiger partial charge on any atom is 0.288 e. The third kappa shape index (κ3) is 5.25. The molecule has 1 aliphatic rings. The van der Waals surface area contributed by atoms with Crippen LogP contribution in [-0.4, -0.2) is 41.9 Å². The molecule has 0 aliphatic carbocycles. The average Bonchev–Trinajstić information content (AvgIpc) is 2.81. The molecule has 0 atom stereocenters. The molecule has 164 valence electrons. The molecule has 1 saturated heterocycles. The number of rotatable bonds is 6. The largest absolute Gasteiger partial charge is 0.369 e. The normalized spacial score (nSPS) is 14.2. The molecule has 0 bridgehead atoms. The first kappa shape index (κ1) is 21.8. The minimum absolute atomic E-state index is 0.000214. The van der Waals surface area contributed by atoms with Gasteiger partial charge in [-0.25, -0.2) is 0 Å². The fraction of sp³-hybridized carbons (Fsp3) is 0.208. The van der Waals surface area contributed by atoms with Crippen molar-refractivity contribution in [2.75, 3.05) is 36.4 Å². The molecular weight excluding hydrogens is 428 g/mol. The molecule has 1 heterocycles. The number of carbonyl (C=O) groups excluding carboxylic acids is 1. The quantitative estimate of drug-likeness (QED) is 0.430. The predicted octanol–water partition coefficient (Wildman–Crippen LogP) is 4.82. The summed E-state index contributed by atoms with van der Waals surface area (Å²) in [5.41, 5.74) is 2.94. The molecule has 1 aliphatic heterocycles. The van der Waals surface area contributed by atoms with Crippen molar-refractivity contribution in [3.05, 3.63) is 99.1 Å². The number of nitrogens with zero attached hydrogens (tertiary/aromatic N) is 3. The van der Waals surface area contributed by atoms with E-state index in [4.69, 9.17) is 11.6 Å². The molecule has 3 aromatic carbocycles. The lowest BCUT2D eigenvalue weighted by molar-refractivity contribution is -0.384. The maximum absolute atomic E-state index is 12.5. The number of hydrogen-bond acceptors (Lipinski definition) is 5. The predicted molar refractivity (Wildman–Crippen MR) is 126 cm³/mol. The second-order valence-electron chi connectivity index (χ2n) is 7.67. The highest BCUT2D eigenvalue weighted by Crippen LogP contribution is 2.26. The highest BCUT2D eigenvalue weighted by atomic mass is 35.5. The van der Waals surface area contributed by atoms with Gasteiger partial charge in [-0.05, 0) is 42.0 Å². The summed E-state index contributed by atoms with van der Waals surface area (Å²) in [6.07, 6.45) is 0. The van der Waals surface area contributed by atoms with Gasteiger partial charge < -0.3 is 10.2 Å². The van der Waals surface area contributed by atoms with Crippen LogP contribution in [0.1, 0.15) is 15.9 Å². The summed E-state index contributed by atoms with van der Waals surface area (Å²) in [5, 5.41) is 13.8. The number of anilines is 2. The van der Waals surface area contributed by atoms with Gasteiger partial charge in [-0.1, -0.05) is 41.9 Å². The van der Waals surface area contributed by atoms with Crippen LogP contribution in [0.15, 0.2) is 72.8 Å². The van der Waals surface area contributed by atoms with E-state index in [0.717, 1.165) is 38.4 Å². The summed E-state index contributed by atoms with van der Waals surface area (Å²) in [7, 11) is 0. The number of halogens is 1. The molecule has 8 heteroatoms. The molecule has 0 unspecified atom stereocenters. The number of carbonyl (C=O) groups is 1. The van der Waals surface area contributed by atoms with Crippen LogP contribution >= 0.6 is 11.6 Å².